The van der Waals surface area contributed by atoms with Crippen molar-refractivity contribution in [1.29, 1.82) is 0 Å². The van der Waals surface area contributed by atoms with Crippen molar-refractivity contribution in [2.45, 2.75) is 45.4 Å². The highest BCUT2D eigenvalue weighted by Crippen LogP contribution is 2.05. The van der Waals surface area contributed by atoms with Gasteiger partial charge in [0.25, 0.3) is 0 Å². The molecule has 0 aromatic rings. The van der Waals surface area contributed by atoms with Crippen molar-refractivity contribution < 1.29 is 9.72 Å². The van der Waals surface area contributed by atoms with Crippen LogP contribution in [0.4, 0.5) is 0 Å². The molecule has 139 valence electrons. The molecule has 0 aromatic heterocycles. The largest absolute Gasteiger partial charge is 0.291 e. The first kappa shape index (κ1) is 23.2. The number of allylic oxidation sites excluding steroid dienone is 13. The molecule has 0 saturated carbocycles. The topological polar surface area (TPSA) is 60.2 Å². The molecular formula is C22H28NO3. The van der Waals surface area contributed by atoms with Crippen LogP contribution < -0.4 is 0 Å². The van der Waals surface area contributed by atoms with E-state index < -0.39 is 0 Å². The van der Waals surface area contributed by atoms with E-state index in [-0.39, 0.29) is 10.6 Å². The van der Waals surface area contributed by atoms with Gasteiger partial charge in [-0.3, -0.25) is 14.9 Å². The first-order chi connectivity index (χ1) is 12.7. The second-order valence-corrected chi connectivity index (χ2v) is 5.29. The zero-order chi connectivity index (χ0) is 19.3. The van der Waals surface area contributed by atoms with E-state index in [1.807, 2.05) is 86.1 Å². The molecule has 0 aromatic carbocycles. The molecule has 0 aliphatic heterocycles. The Morgan fingerprint density at radius 3 is 2.00 bits per heavy atom. The molecule has 0 spiro atoms. The molecule has 0 unspecified atom stereocenters. The molecule has 0 atom stereocenters. The number of nitro groups is 1. The van der Waals surface area contributed by atoms with E-state index in [0.29, 0.717) is 19.3 Å². The maximum Gasteiger partial charge on any atom is 0.246 e. The van der Waals surface area contributed by atoms with Gasteiger partial charge in [0, 0.05) is 6.42 Å². The molecule has 0 rings (SSSR count). The Morgan fingerprint density at radius 1 is 0.885 bits per heavy atom. The van der Waals surface area contributed by atoms with Crippen LogP contribution in [0.15, 0.2) is 84.7 Å². The van der Waals surface area contributed by atoms with Crippen molar-refractivity contribution in [3.8, 4) is 0 Å². The van der Waals surface area contributed by atoms with Crippen LogP contribution >= 0.6 is 0 Å². The van der Waals surface area contributed by atoms with Crippen molar-refractivity contribution in [2.24, 2.45) is 0 Å². The maximum atomic E-state index is 10.7. The quantitative estimate of drug-likeness (QED) is 0.127. The standard InChI is InChI=1S/C22H28NO3/c1-2-19-22(23(25)26)20-17-15-13-11-9-7-5-3-4-6-8-10-12-14-16-18-21-24/h3-9,11-12,14-15,17,19H,2,10,13,16,18,20H2,1H3/b4-3-,7-5-,8-6-,11-9-,14-12-,17-15-,22-19+. The van der Waals surface area contributed by atoms with Crippen molar-refractivity contribution in [1.82, 2.24) is 0 Å². The highest BCUT2D eigenvalue weighted by molar-refractivity contribution is 5.50. The Balaban J connectivity index is 3.89. The Hall–Kier alpha value is -2.75. The lowest BCUT2D eigenvalue weighted by molar-refractivity contribution is -0.427. The smallest absolute Gasteiger partial charge is 0.246 e. The van der Waals surface area contributed by atoms with Crippen LogP contribution in [0.1, 0.15) is 45.4 Å². The summed E-state index contributed by atoms with van der Waals surface area (Å²) < 4.78 is 0. The summed E-state index contributed by atoms with van der Waals surface area (Å²) in [4.78, 5) is 20.4. The summed E-state index contributed by atoms with van der Waals surface area (Å²) in [6.07, 6.45) is 30.9. The number of hydrogen-bond donors (Lipinski definition) is 0. The Bertz CT molecular complexity index is 591. The van der Waals surface area contributed by atoms with Crippen molar-refractivity contribution in [3.05, 3.63) is 94.8 Å². The van der Waals surface area contributed by atoms with E-state index in [2.05, 4.69) is 0 Å². The molecule has 0 N–H and O–H groups in total. The average Bonchev–Trinajstić information content (AvgIpc) is 2.63. The first-order valence-electron chi connectivity index (χ1n) is 8.85. The number of unbranched alkanes of at least 4 members (excludes halogenated alkanes) is 1. The normalized spacial score (nSPS) is 13.5. The number of rotatable bonds is 14. The van der Waals surface area contributed by atoms with E-state index in [9.17, 15) is 14.9 Å². The summed E-state index contributed by atoms with van der Waals surface area (Å²) in [7, 11) is 0. The van der Waals surface area contributed by atoms with Gasteiger partial charge in [-0.1, -0.05) is 79.8 Å². The monoisotopic (exact) mass is 354 g/mol. The lowest BCUT2D eigenvalue weighted by atomic mass is 10.2. The van der Waals surface area contributed by atoms with E-state index in [4.69, 9.17) is 0 Å². The van der Waals surface area contributed by atoms with Crippen LogP contribution in [0.25, 0.3) is 0 Å². The highest BCUT2D eigenvalue weighted by atomic mass is 16.6. The molecule has 26 heavy (non-hydrogen) atoms. The summed E-state index contributed by atoms with van der Waals surface area (Å²) in [5.41, 5.74) is 0.251. The summed E-state index contributed by atoms with van der Waals surface area (Å²) in [5.74, 6) is 0. The minimum Gasteiger partial charge on any atom is -0.291 e. The molecule has 4 nitrogen and oxygen atoms in total. The van der Waals surface area contributed by atoms with Gasteiger partial charge < -0.3 is 0 Å². The number of carbonyl (C=O) groups excluding carboxylic acids is 1. The third-order valence-electron chi connectivity index (χ3n) is 3.12. The number of hydrogen-bond acceptors (Lipinski definition) is 3. The van der Waals surface area contributed by atoms with Gasteiger partial charge in [0.15, 0.2) is 6.29 Å². The zero-order valence-corrected chi connectivity index (χ0v) is 15.4. The summed E-state index contributed by atoms with van der Waals surface area (Å²) >= 11 is 0. The molecule has 0 aliphatic rings. The Morgan fingerprint density at radius 2 is 1.46 bits per heavy atom. The predicted octanol–water partition coefficient (Wildman–Crippen LogP) is 5.95. The maximum absolute atomic E-state index is 10.7. The van der Waals surface area contributed by atoms with Crippen LogP contribution in [-0.4, -0.2) is 11.2 Å². The highest BCUT2D eigenvalue weighted by Gasteiger charge is 2.05. The third kappa shape index (κ3) is 16.1. The number of nitrogens with zero attached hydrogens (tertiary/aromatic N) is 1. The van der Waals surface area contributed by atoms with Crippen LogP contribution in [0, 0.1) is 10.1 Å². The lowest BCUT2D eigenvalue weighted by Gasteiger charge is -1.92. The van der Waals surface area contributed by atoms with Crippen LogP contribution in [0.2, 0.25) is 0 Å². The van der Waals surface area contributed by atoms with Gasteiger partial charge in [-0.15, -0.1) is 0 Å². The zero-order valence-electron chi connectivity index (χ0n) is 15.4. The van der Waals surface area contributed by atoms with E-state index in [1.54, 1.807) is 6.08 Å². The summed E-state index contributed by atoms with van der Waals surface area (Å²) in [6.45, 7) is 1.89. The van der Waals surface area contributed by atoms with Gasteiger partial charge in [-0.25, -0.2) is 0 Å². The molecule has 1 radical (unpaired) electrons. The first-order valence-corrected chi connectivity index (χ1v) is 8.85. The van der Waals surface area contributed by atoms with E-state index >= 15 is 0 Å². The van der Waals surface area contributed by atoms with E-state index in [1.165, 1.54) is 0 Å². The fraction of sp³-hybridized carbons (Fsp3) is 0.318. The Kier molecular flexibility index (Phi) is 16.6. The van der Waals surface area contributed by atoms with Gasteiger partial charge in [0.1, 0.15) is 0 Å². The second-order valence-electron chi connectivity index (χ2n) is 5.29. The van der Waals surface area contributed by atoms with Crippen molar-refractivity contribution in [3.63, 3.8) is 0 Å². The molecule has 0 amide bonds. The molecule has 4 heteroatoms. The Labute approximate surface area is 156 Å². The van der Waals surface area contributed by atoms with Crippen LogP contribution in [-0.2, 0) is 4.79 Å². The van der Waals surface area contributed by atoms with Crippen molar-refractivity contribution in [2.75, 3.05) is 0 Å². The molecular weight excluding hydrogens is 326 g/mol. The fourth-order valence-electron chi connectivity index (χ4n) is 1.85. The third-order valence-corrected chi connectivity index (χ3v) is 3.12. The van der Waals surface area contributed by atoms with Crippen LogP contribution in [0.3, 0.4) is 0 Å². The predicted molar refractivity (Wildman–Crippen MR) is 109 cm³/mol. The average molecular weight is 354 g/mol. The van der Waals surface area contributed by atoms with Gasteiger partial charge in [0.05, 0.1) is 11.3 Å². The lowest BCUT2D eigenvalue weighted by Crippen LogP contribution is -1.96. The molecule has 0 saturated heterocycles. The van der Waals surface area contributed by atoms with Gasteiger partial charge in [-0.2, -0.15) is 0 Å². The summed E-state index contributed by atoms with van der Waals surface area (Å²) in [5, 5.41) is 10.7. The fourth-order valence-corrected chi connectivity index (χ4v) is 1.85. The van der Waals surface area contributed by atoms with Gasteiger partial charge in [-0.05, 0) is 31.8 Å². The second kappa shape index (κ2) is 18.6. The minimum atomic E-state index is -0.323. The SMILES string of the molecule is CC/C=C(\C/C=C\C\C=C/C=C\C=C/C=C\C/C=C\CC[C]=O)[N+](=O)[O-]. The van der Waals surface area contributed by atoms with Crippen LogP contribution in [0.5, 0.6) is 0 Å². The summed E-state index contributed by atoms with van der Waals surface area (Å²) in [6, 6.07) is 0. The molecule has 0 fully saturated rings. The van der Waals surface area contributed by atoms with Gasteiger partial charge >= 0.3 is 0 Å². The van der Waals surface area contributed by atoms with E-state index in [0.717, 1.165) is 19.3 Å². The van der Waals surface area contributed by atoms with Crippen molar-refractivity contribution >= 4 is 6.29 Å². The molecule has 0 heterocycles. The molecule has 0 aliphatic carbocycles. The minimum absolute atomic E-state index is 0.251. The molecule has 0 bridgehead atoms. The van der Waals surface area contributed by atoms with Gasteiger partial charge in [0.2, 0.25) is 5.70 Å².